The Labute approximate surface area is 104 Å². The molecule has 0 radical (unpaired) electrons. The lowest BCUT2D eigenvalue weighted by molar-refractivity contribution is 0.493. The number of nitrogens with zero attached hydrogens (tertiary/aromatic N) is 2. The van der Waals surface area contributed by atoms with Gasteiger partial charge in [-0.15, -0.1) is 0 Å². The van der Waals surface area contributed by atoms with Crippen LogP contribution >= 0.6 is 11.8 Å². The fraction of sp³-hybridized carbons (Fsp3) is 0.917. The lowest BCUT2D eigenvalue weighted by Gasteiger charge is -2.20. The quantitative estimate of drug-likeness (QED) is 0.440. The number of nitrogens with one attached hydrogen (secondary N) is 1. The van der Waals surface area contributed by atoms with E-state index in [2.05, 4.69) is 28.4 Å². The Kier molecular flexibility index (Phi) is 7.47. The summed E-state index contributed by atoms with van der Waals surface area (Å²) in [5, 5.41) is 3.39. The van der Waals surface area contributed by atoms with Gasteiger partial charge in [0.15, 0.2) is 5.96 Å². The van der Waals surface area contributed by atoms with Gasteiger partial charge < -0.3 is 10.2 Å². The van der Waals surface area contributed by atoms with Crippen molar-refractivity contribution in [2.45, 2.75) is 32.6 Å². The van der Waals surface area contributed by atoms with Gasteiger partial charge in [-0.2, -0.15) is 11.8 Å². The van der Waals surface area contributed by atoms with Crippen LogP contribution in [-0.4, -0.2) is 49.0 Å². The van der Waals surface area contributed by atoms with Gasteiger partial charge in [0.25, 0.3) is 0 Å². The van der Waals surface area contributed by atoms with Crippen LogP contribution in [0.25, 0.3) is 0 Å². The van der Waals surface area contributed by atoms with E-state index in [1.165, 1.54) is 44.5 Å². The molecule has 0 saturated carbocycles. The average molecular weight is 243 g/mol. The molecule has 94 valence electrons. The predicted molar refractivity (Wildman–Crippen MR) is 74.4 cm³/mol. The van der Waals surface area contributed by atoms with E-state index in [1.807, 2.05) is 11.8 Å². The lowest BCUT2D eigenvalue weighted by Crippen LogP contribution is -2.39. The fourth-order valence-electron chi connectivity index (χ4n) is 1.90. The monoisotopic (exact) mass is 243 g/mol. The van der Waals surface area contributed by atoms with Gasteiger partial charge in [0.1, 0.15) is 0 Å². The smallest absolute Gasteiger partial charge is 0.193 e. The summed E-state index contributed by atoms with van der Waals surface area (Å²) in [5.74, 6) is 2.39. The van der Waals surface area contributed by atoms with E-state index in [-0.39, 0.29) is 0 Å². The molecule has 3 nitrogen and oxygen atoms in total. The highest BCUT2D eigenvalue weighted by atomic mass is 32.2. The van der Waals surface area contributed by atoms with Crippen LogP contribution in [0.3, 0.4) is 0 Å². The molecule has 0 aromatic heterocycles. The van der Waals surface area contributed by atoms with Gasteiger partial charge in [0, 0.05) is 26.2 Å². The van der Waals surface area contributed by atoms with Gasteiger partial charge in [-0.25, -0.2) is 0 Å². The summed E-state index contributed by atoms with van der Waals surface area (Å²) in [6, 6.07) is 0. The minimum Gasteiger partial charge on any atom is -0.357 e. The number of hydrogen-bond donors (Lipinski definition) is 1. The second-order valence-corrected chi connectivity index (χ2v) is 5.12. The number of rotatable bonds is 6. The molecular formula is C12H25N3S. The van der Waals surface area contributed by atoms with Crippen molar-refractivity contribution < 1.29 is 0 Å². The van der Waals surface area contributed by atoms with Gasteiger partial charge in [-0.1, -0.05) is 0 Å². The number of guanidine groups is 1. The molecule has 1 rings (SSSR count). The molecule has 1 saturated heterocycles. The van der Waals surface area contributed by atoms with Crippen LogP contribution in [0, 0.1) is 0 Å². The van der Waals surface area contributed by atoms with Crippen LogP contribution in [0.1, 0.15) is 32.6 Å². The third kappa shape index (κ3) is 5.10. The van der Waals surface area contributed by atoms with Gasteiger partial charge in [-0.05, 0) is 44.6 Å². The number of aliphatic imine (C=N–C) groups is 1. The summed E-state index contributed by atoms with van der Waals surface area (Å²) in [5.41, 5.74) is 0. The molecule has 1 aliphatic heterocycles. The second kappa shape index (κ2) is 8.74. The van der Waals surface area contributed by atoms with E-state index < -0.39 is 0 Å². The largest absolute Gasteiger partial charge is 0.357 e. The predicted octanol–water partition coefficient (Wildman–Crippen LogP) is 2.19. The summed E-state index contributed by atoms with van der Waals surface area (Å²) < 4.78 is 0. The van der Waals surface area contributed by atoms with Crippen molar-refractivity contribution in [3.63, 3.8) is 0 Å². The van der Waals surface area contributed by atoms with Crippen LogP contribution in [0.15, 0.2) is 4.99 Å². The minimum absolute atomic E-state index is 0.972. The standard InChI is InChI=1S/C12H25N3S/c1-3-13-12(15-9-5-6-10-15)14-8-4-7-11-16-2/h3-11H2,1-2H3,(H,13,14). The van der Waals surface area contributed by atoms with E-state index in [4.69, 9.17) is 0 Å². The summed E-state index contributed by atoms with van der Waals surface area (Å²) in [6.07, 6.45) is 7.29. The zero-order valence-electron chi connectivity index (χ0n) is 10.7. The maximum absolute atomic E-state index is 4.69. The first kappa shape index (κ1) is 13.7. The number of hydrogen-bond acceptors (Lipinski definition) is 2. The zero-order chi connectivity index (χ0) is 11.6. The molecule has 0 unspecified atom stereocenters. The normalized spacial score (nSPS) is 16.9. The third-order valence-corrected chi connectivity index (χ3v) is 3.46. The molecule has 0 bridgehead atoms. The topological polar surface area (TPSA) is 27.6 Å². The first-order valence-electron chi connectivity index (χ1n) is 6.40. The third-order valence-electron chi connectivity index (χ3n) is 2.76. The highest BCUT2D eigenvalue weighted by molar-refractivity contribution is 7.98. The summed E-state index contributed by atoms with van der Waals surface area (Å²) >= 11 is 1.92. The van der Waals surface area contributed by atoms with Crippen molar-refractivity contribution in [3.8, 4) is 0 Å². The number of likely N-dealkylation sites (tertiary alicyclic amines) is 1. The molecular weight excluding hydrogens is 218 g/mol. The molecule has 4 heteroatoms. The Morgan fingerprint density at radius 2 is 2.06 bits per heavy atom. The Balaban J connectivity index is 2.27. The molecule has 0 amide bonds. The second-order valence-electron chi connectivity index (χ2n) is 4.13. The van der Waals surface area contributed by atoms with E-state index in [9.17, 15) is 0 Å². The van der Waals surface area contributed by atoms with Gasteiger partial charge in [-0.3, -0.25) is 4.99 Å². The highest BCUT2D eigenvalue weighted by Gasteiger charge is 2.14. The molecule has 0 spiro atoms. The van der Waals surface area contributed by atoms with E-state index >= 15 is 0 Å². The highest BCUT2D eigenvalue weighted by Crippen LogP contribution is 2.07. The molecule has 16 heavy (non-hydrogen) atoms. The molecule has 1 N–H and O–H groups in total. The summed E-state index contributed by atoms with van der Waals surface area (Å²) in [4.78, 5) is 7.08. The fourth-order valence-corrected chi connectivity index (χ4v) is 2.39. The molecule has 0 aliphatic carbocycles. The lowest BCUT2D eigenvalue weighted by atomic mass is 10.3. The van der Waals surface area contributed by atoms with E-state index in [0.29, 0.717) is 0 Å². The van der Waals surface area contributed by atoms with Gasteiger partial charge in [0.05, 0.1) is 0 Å². The Morgan fingerprint density at radius 1 is 1.31 bits per heavy atom. The summed E-state index contributed by atoms with van der Waals surface area (Å²) in [7, 11) is 0. The maximum Gasteiger partial charge on any atom is 0.193 e. The van der Waals surface area contributed by atoms with Crippen LogP contribution < -0.4 is 5.32 Å². The van der Waals surface area contributed by atoms with Gasteiger partial charge >= 0.3 is 0 Å². The first-order chi connectivity index (χ1) is 7.88. The molecule has 0 aromatic rings. The Hall–Kier alpha value is -0.380. The van der Waals surface area contributed by atoms with Crippen molar-refractivity contribution >= 4 is 17.7 Å². The molecule has 0 aromatic carbocycles. The first-order valence-corrected chi connectivity index (χ1v) is 7.80. The van der Waals surface area contributed by atoms with E-state index in [1.54, 1.807) is 0 Å². The van der Waals surface area contributed by atoms with Crippen molar-refractivity contribution in [1.82, 2.24) is 10.2 Å². The molecule has 1 aliphatic rings. The number of thioether (sulfide) groups is 1. The average Bonchev–Trinajstić information content (AvgIpc) is 2.81. The van der Waals surface area contributed by atoms with Crippen molar-refractivity contribution in [2.75, 3.05) is 38.2 Å². The molecule has 0 atom stereocenters. The van der Waals surface area contributed by atoms with Crippen LogP contribution in [0.4, 0.5) is 0 Å². The SMILES string of the molecule is CCNC(=NCCCCSC)N1CCCC1. The Morgan fingerprint density at radius 3 is 2.69 bits per heavy atom. The maximum atomic E-state index is 4.69. The van der Waals surface area contributed by atoms with Gasteiger partial charge in [0.2, 0.25) is 0 Å². The zero-order valence-corrected chi connectivity index (χ0v) is 11.5. The Bertz CT molecular complexity index is 200. The number of unbranched alkanes of at least 4 members (excludes halogenated alkanes) is 1. The van der Waals surface area contributed by atoms with Crippen LogP contribution in [0.2, 0.25) is 0 Å². The van der Waals surface area contributed by atoms with E-state index in [0.717, 1.165) is 19.0 Å². The summed E-state index contributed by atoms with van der Waals surface area (Å²) in [6.45, 7) is 6.44. The van der Waals surface area contributed by atoms with Crippen molar-refractivity contribution in [3.05, 3.63) is 0 Å². The molecule has 1 fully saturated rings. The van der Waals surface area contributed by atoms with Crippen LogP contribution in [-0.2, 0) is 0 Å². The molecule has 1 heterocycles. The minimum atomic E-state index is 0.972. The van der Waals surface area contributed by atoms with Crippen molar-refractivity contribution in [1.29, 1.82) is 0 Å². The van der Waals surface area contributed by atoms with Crippen molar-refractivity contribution in [2.24, 2.45) is 4.99 Å². The van der Waals surface area contributed by atoms with Crippen LogP contribution in [0.5, 0.6) is 0 Å².